The standard InChI is InChI=1S/C20H20N4O3/c1-26-17-9-8-15(10-18(17)27-2)24-20(25)16-11-19(23-13-22-16)21-12-14-6-4-3-5-7-14/h3-11,13H,12H2,1-2H3,(H,24,25)(H,21,22,23). The fourth-order valence-corrected chi connectivity index (χ4v) is 2.48. The van der Waals surface area contributed by atoms with Gasteiger partial charge in [0, 0.05) is 24.4 Å². The predicted molar refractivity (Wildman–Crippen MR) is 103 cm³/mol. The highest BCUT2D eigenvalue weighted by molar-refractivity contribution is 6.03. The fraction of sp³-hybridized carbons (Fsp3) is 0.150. The Morgan fingerprint density at radius 2 is 1.74 bits per heavy atom. The maximum Gasteiger partial charge on any atom is 0.274 e. The summed E-state index contributed by atoms with van der Waals surface area (Å²) in [6.45, 7) is 0.606. The van der Waals surface area contributed by atoms with E-state index in [2.05, 4.69) is 20.6 Å². The summed E-state index contributed by atoms with van der Waals surface area (Å²) in [6, 6.07) is 16.7. The lowest BCUT2D eigenvalue weighted by molar-refractivity contribution is 0.102. The lowest BCUT2D eigenvalue weighted by Gasteiger charge is -2.11. The van der Waals surface area contributed by atoms with Crippen LogP contribution in [0.4, 0.5) is 11.5 Å². The van der Waals surface area contributed by atoms with E-state index in [1.165, 1.54) is 6.33 Å². The van der Waals surface area contributed by atoms with E-state index in [1.54, 1.807) is 38.5 Å². The van der Waals surface area contributed by atoms with Gasteiger partial charge in [0.2, 0.25) is 0 Å². The van der Waals surface area contributed by atoms with Crippen LogP contribution in [0.5, 0.6) is 11.5 Å². The number of hydrogen-bond donors (Lipinski definition) is 2. The molecule has 0 unspecified atom stereocenters. The van der Waals surface area contributed by atoms with Crippen molar-refractivity contribution in [1.29, 1.82) is 0 Å². The van der Waals surface area contributed by atoms with Gasteiger partial charge in [0.15, 0.2) is 11.5 Å². The van der Waals surface area contributed by atoms with Gasteiger partial charge in [-0.2, -0.15) is 0 Å². The maximum atomic E-state index is 12.5. The zero-order chi connectivity index (χ0) is 19.1. The Balaban J connectivity index is 1.68. The second-order valence-corrected chi connectivity index (χ2v) is 5.65. The molecule has 27 heavy (non-hydrogen) atoms. The number of hydrogen-bond acceptors (Lipinski definition) is 6. The summed E-state index contributed by atoms with van der Waals surface area (Å²) < 4.78 is 10.4. The Bertz CT molecular complexity index is 916. The number of anilines is 2. The van der Waals surface area contributed by atoms with Gasteiger partial charge in [-0.15, -0.1) is 0 Å². The first-order valence-electron chi connectivity index (χ1n) is 8.33. The molecule has 0 spiro atoms. The van der Waals surface area contributed by atoms with Crippen LogP contribution >= 0.6 is 0 Å². The number of ether oxygens (including phenoxy) is 2. The van der Waals surface area contributed by atoms with Crippen molar-refractivity contribution >= 4 is 17.4 Å². The summed E-state index contributed by atoms with van der Waals surface area (Å²) in [7, 11) is 3.10. The minimum atomic E-state index is -0.340. The molecule has 0 aliphatic carbocycles. The largest absolute Gasteiger partial charge is 0.493 e. The lowest BCUT2D eigenvalue weighted by atomic mass is 10.2. The molecule has 0 saturated carbocycles. The van der Waals surface area contributed by atoms with E-state index in [0.717, 1.165) is 5.56 Å². The second-order valence-electron chi connectivity index (χ2n) is 5.65. The topological polar surface area (TPSA) is 85.4 Å². The Morgan fingerprint density at radius 1 is 0.963 bits per heavy atom. The van der Waals surface area contributed by atoms with Gasteiger partial charge >= 0.3 is 0 Å². The Labute approximate surface area is 157 Å². The molecule has 7 nitrogen and oxygen atoms in total. The fourth-order valence-electron chi connectivity index (χ4n) is 2.48. The lowest BCUT2D eigenvalue weighted by Crippen LogP contribution is -2.14. The summed E-state index contributed by atoms with van der Waals surface area (Å²) >= 11 is 0. The van der Waals surface area contributed by atoms with Crippen LogP contribution in [-0.2, 0) is 6.54 Å². The third-order valence-corrected chi connectivity index (χ3v) is 3.86. The molecule has 0 radical (unpaired) electrons. The van der Waals surface area contributed by atoms with Crippen molar-refractivity contribution in [2.75, 3.05) is 24.9 Å². The van der Waals surface area contributed by atoms with Crippen molar-refractivity contribution in [2.45, 2.75) is 6.54 Å². The number of aromatic nitrogens is 2. The molecule has 0 atom stereocenters. The molecular weight excluding hydrogens is 344 g/mol. The van der Waals surface area contributed by atoms with Crippen LogP contribution in [-0.4, -0.2) is 30.1 Å². The number of methoxy groups -OCH3 is 2. The quantitative estimate of drug-likeness (QED) is 0.669. The van der Waals surface area contributed by atoms with Gasteiger partial charge in [0.05, 0.1) is 14.2 Å². The van der Waals surface area contributed by atoms with Crippen LogP contribution in [0.25, 0.3) is 0 Å². The molecular formula is C20H20N4O3. The zero-order valence-corrected chi connectivity index (χ0v) is 15.1. The SMILES string of the molecule is COc1ccc(NC(=O)c2cc(NCc3ccccc3)ncn2)cc1OC. The monoisotopic (exact) mass is 364 g/mol. The van der Waals surface area contributed by atoms with Crippen LogP contribution in [0.15, 0.2) is 60.9 Å². The zero-order valence-electron chi connectivity index (χ0n) is 15.1. The third-order valence-electron chi connectivity index (χ3n) is 3.86. The molecule has 1 amide bonds. The van der Waals surface area contributed by atoms with Crippen molar-refractivity contribution in [3.63, 3.8) is 0 Å². The number of nitrogens with zero attached hydrogens (tertiary/aromatic N) is 2. The van der Waals surface area contributed by atoms with Crippen molar-refractivity contribution in [3.8, 4) is 11.5 Å². The summed E-state index contributed by atoms with van der Waals surface area (Å²) in [6.07, 6.45) is 1.36. The van der Waals surface area contributed by atoms with Gasteiger partial charge < -0.3 is 20.1 Å². The molecule has 138 valence electrons. The molecule has 1 aromatic heterocycles. The average Bonchev–Trinajstić information content (AvgIpc) is 2.73. The predicted octanol–water partition coefficient (Wildman–Crippen LogP) is 3.36. The Hall–Kier alpha value is -3.61. The summed E-state index contributed by atoms with van der Waals surface area (Å²) in [5.41, 5.74) is 1.96. The minimum Gasteiger partial charge on any atom is -0.493 e. The smallest absolute Gasteiger partial charge is 0.274 e. The van der Waals surface area contributed by atoms with E-state index in [-0.39, 0.29) is 11.6 Å². The summed E-state index contributed by atoms with van der Waals surface area (Å²) in [5.74, 6) is 1.35. The third kappa shape index (κ3) is 4.72. The number of benzene rings is 2. The van der Waals surface area contributed by atoms with Gasteiger partial charge in [-0.1, -0.05) is 30.3 Å². The van der Waals surface area contributed by atoms with E-state index in [4.69, 9.17) is 9.47 Å². The number of nitrogens with one attached hydrogen (secondary N) is 2. The van der Waals surface area contributed by atoms with E-state index in [9.17, 15) is 4.79 Å². The molecule has 1 heterocycles. The highest BCUT2D eigenvalue weighted by Crippen LogP contribution is 2.29. The number of carbonyl (C=O) groups excluding carboxylic acids is 1. The van der Waals surface area contributed by atoms with Gasteiger partial charge in [-0.25, -0.2) is 9.97 Å². The van der Waals surface area contributed by atoms with Crippen LogP contribution < -0.4 is 20.1 Å². The van der Waals surface area contributed by atoms with E-state index >= 15 is 0 Å². The van der Waals surface area contributed by atoms with Crippen LogP contribution in [0.1, 0.15) is 16.1 Å². The molecule has 0 fully saturated rings. The Kier molecular flexibility index (Phi) is 5.84. The number of amides is 1. The highest BCUT2D eigenvalue weighted by atomic mass is 16.5. The minimum absolute atomic E-state index is 0.260. The van der Waals surface area contributed by atoms with Crippen molar-refractivity contribution in [3.05, 3.63) is 72.2 Å². The van der Waals surface area contributed by atoms with Gasteiger partial charge in [-0.05, 0) is 17.7 Å². The van der Waals surface area contributed by atoms with Gasteiger partial charge in [-0.3, -0.25) is 4.79 Å². The maximum absolute atomic E-state index is 12.5. The molecule has 3 rings (SSSR count). The summed E-state index contributed by atoms with van der Waals surface area (Å²) in [4.78, 5) is 20.7. The molecule has 0 aliphatic rings. The van der Waals surface area contributed by atoms with E-state index in [0.29, 0.717) is 29.5 Å². The molecule has 2 aromatic carbocycles. The van der Waals surface area contributed by atoms with Crippen molar-refractivity contribution in [2.24, 2.45) is 0 Å². The summed E-state index contributed by atoms with van der Waals surface area (Å²) in [5, 5.41) is 5.98. The van der Waals surface area contributed by atoms with Crippen LogP contribution in [0.2, 0.25) is 0 Å². The highest BCUT2D eigenvalue weighted by Gasteiger charge is 2.11. The average molecular weight is 364 g/mol. The van der Waals surface area contributed by atoms with Crippen LogP contribution in [0.3, 0.4) is 0 Å². The molecule has 0 bridgehead atoms. The van der Waals surface area contributed by atoms with Gasteiger partial charge in [0.1, 0.15) is 17.8 Å². The molecule has 0 aliphatic heterocycles. The number of rotatable bonds is 7. The normalized spacial score (nSPS) is 10.1. The van der Waals surface area contributed by atoms with Gasteiger partial charge in [0.25, 0.3) is 5.91 Å². The first kappa shape index (κ1) is 18.2. The van der Waals surface area contributed by atoms with Crippen molar-refractivity contribution < 1.29 is 14.3 Å². The second kappa shape index (κ2) is 8.66. The Morgan fingerprint density at radius 3 is 2.48 bits per heavy atom. The molecule has 2 N–H and O–H groups in total. The molecule has 0 saturated heterocycles. The van der Waals surface area contributed by atoms with E-state index in [1.807, 2.05) is 30.3 Å². The first-order chi connectivity index (χ1) is 13.2. The molecule has 7 heteroatoms. The van der Waals surface area contributed by atoms with E-state index < -0.39 is 0 Å². The first-order valence-corrected chi connectivity index (χ1v) is 8.33. The van der Waals surface area contributed by atoms with Crippen molar-refractivity contribution in [1.82, 2.24) is 9.97 Å². The van der Waals surface area contributed by atoms with Crippen LogP contribution in [0, 0.1) is 0 Å². The number of carbonyl (C=O) groups is 1. The molecule has 3 aromatic rings.